The molecule has 0 amide bonds. The Morgan fingerprint density at radius 1 is 0.708 bits per heavy atom. The third kappa shape index (κ3) is 7.53. The molecular weight excluding hydrogens is 308 g/mol. The molecule has 0 spiro atoms. The summed E-state index contributed by atoms with van der Waals surface area (Å²) in [6.45, 7) is 0. The van der Waals surface area contributed by atoms with Gasteiger partial charge in [0.05, 0.1) is 0 Å². The van der Waals surface area contributed by atoms with E-state index in [0.29, 0.717) is 12.8 Å². The first-order chi connectivity index (χ1) is 11.4. The second kappa shape index (κ2) is 10.1. The number of hydrogen-bond acceptors (Lipinski definition) is 4. The van der Waals surface area contributed by atoms with Gasteiger partial charge in [0.15, 0.2) is 0 Å². The van der Waals surface area contributed by atoms with Crippen molar-refractivity contribution in [3.63, 3.8) is 0 Å². The summed E-state index contributed by atoms with van der Waals surface area (Å²) in [5, 5.41) is 17.0. The van der Waals surface area contributed by atoms with Crippen molar-refractivity contribution < 1.29 is 19.8 Å². The smallest absolute Gasteiger partial charge is 0.320 e. The van der Waals surface area contributed by atoms with Crippen LogP contribution >= 0.6 is 0 Å². The SMILES string of the molecule is N[C@H](Cc1ccccc1)C(=O)O.N[C@H](Cc1ccccc1)C(=O)O. The van der Waals surface area contributed by atoms with Crippen LogP contribution in [-0.2, 0) is 22.4 Å². The zero-order chi connectivity index (χ0) is 17.9. The molecule has 2 rings (SSSR count). The Hall–Kier alpha value is -2.70. The van der Waals surface area contributed by atoms with E-state index in [2.05, 4.69) is 0 Å². The standard InChI is InChI=1S/2C9H11NO2/c2*10-8(9(11)12)6-7-4-2-1-3-5-7/h2*1-5,8H,6,10H2,(H,11,12)/t2*8-/m11/s1. The van der Waals surface area contributed by atoms with Gasteiger partial charge in [-0.1, -0.05) is 60.7 Å². The molecule has 6 N–H and O–H groups in total. The fraction of sp³-hybridized carbons (Fsp3) is 0.222. The molecule has 0 saturated carbocycles. The lowest BCUT2D eigenvalue weighted by molar-refractivity contribution is -0.139. The lowest BCUT2D eigenvalue weighted by Gasteiger charge is -2.04. The van der Waals surface area contributed by atoms with E-state index in [1.54, 1.807) is 0 Å². The van der Waals surface area contributed by atoms with Gasteiger partial charge in [-0.3, -0.25) is 9.59 Å². The topological polar surface area (TPSA) is 127 Å². The molecule has 24 heavy (non-hydrogen) atoms. The molecule has 0 radical (unpaired) electrons. The average Bonchev–Trinajstić information content (AvgIpc) is 2.57. The Morgan fingerprint density at radius 3 is 1.25 bits per heavy atom. The van der Waals surface area contributed by atoms with E-state index in [0.717, 1.165) is 11.1 Å². The first kappa shape index (κ1) is 19.3. The van der Waals surface area contributed by atoms with Crippen molar-refractivity contribution in [1.82, 2.24) is 0 Å². The maximum Gasteiger partial charge on any atom is 0.320 e. The zero-order valence-corrected chi connectivity index (χ0v) is 13.2. The minimum absolute atomic E-state index is 0.385. The van der Waals surface area contributed by atoms with Crippen molar-refractivity contribution in [2.75, 3.05) is 0 Å². The summed E-state index contributed by atoms with van der Waals surface area (Å²) in [6.07, 6.45) is 0.770. The molecule has 0 heterocycles. The quantitative estimate of drug-likeness (QED) is 0.632. The molecule has 0 aliphatic carbocycles. The maximum absolute atomic E-state index is 10.4. The van der Waals surface area contributed by atoms with Gasteiger partial charge in [0.1, 0.15) is 12.1 Å². The van der Waals surface area contributed by atoms with E-state index in [1.165, 1.54) is 0 Å². The summed E-state index contributed by atoms with van der Waals surface area (Å²) in [4.78, 5) is 20.8. The Labute approximate surface area is 140 Å². The van der Waals surface area contributed by atoms with Crippen molar-refractivity contribution in [1.29, 1.82) is 0 Å². The van der Waals surface area contributed by atoms with Gasteiger partial charge in [0.2, 0.25) is 0 Å². The first-order valence-electron chi connectivity index (χ1n) is 7.44. The second-order valence-corrected chi connectivity index (χ2v) is 5.27. The Kier molecular flexibility index (Phi) is 8.18. The molecule has 0 aliphatic rings. The predicted octanol–water partition coefficient (Wildman–Crippen LogP) is 1.28. The van der Waals surface area contributed by atoms with E-state index in [-0.39, 0.29) is 0 Å². The molecule has 0 unspecified atom stereocenters. The van der Waals surface area contributed by atoms with Gasteiger partial charge in [0, 0.05) is 0 Å². The lowest BCUT2D eigenvalue weighted by atomic mass is 10.1. The number of carboxylic acid groups (broad SMARTS) is 2. The summed E-state index contributed by atoms with van der Waals surface area (Å²) in [5.74, 6) is -1.92. The van der Waals surface area contributed by atoms with Gasteiger partial charge in [-0.15, -0.1) is 0 Å². The van der Waals surface area contributed by atoms with Gasteiger partial charge >= 0.3 is 11.9 Å². The van der Waals surface area contributed by atoms with Crippen molar-refractivity contribution in [2.45, 2.75) is 24.9 Å². The van der Waals surface area contributed by atoms with Crippen LogP contribution in [0.25, 0.3) is 0 Å². The van der Waals surface area contributed by atoms with E-state index in [9.17, 15) is 9.59 Å². The maximum atomic E-state index is 10.4. The van der Waals surface area contributed by atoms with E-state index in [4.69, 9.17) is 21.7 Å². The summed E-state index contributed by atoms with van der Waals surface area (Å²) >= 11 is 0. The first-order valence-corrected chi connectivity index (χ1v) is 7.44. The monoisotopic (exact) mass is 330 g/mol. The van der Waals surface area contributed by atoms with Crippen LogP contribution in [0.4, 0.5) is 0 Å². The van der Waals surface area contributed by atoms with Gasteiger partial charge in [-0.05, 0) is 24.0 Å². The van der Waals surface area contributed by atoms with E-state index >= 15 is 0 Å². The van der Waals surface area contributed by atoms with E-state index < -0.39 is 24.0 Å². The number of aliphatic carboxylic acids is 2. The summed E-state index contributed by atoms with van der Waals surface area (Å²) < 4.78 is 0. The van der Waals surface area contributed by atoms with Crippen LogP contribution in [0.15, 0.2) is 60.7 Å². The highest BCUT2D eigenvalue weighted by molar-refractivity contribution is 5.73. The predicted molar refractivity (Wildman–Crippen MR) is 91.5 cm³/mol. The summed E-state index contributed by atoms with van der Waals surface area (Å²) in [6, 6.07) is 17.1. The Balaban J connectivity index is 0.000000240. The van der Waals surface area contributed by atoms with E-state index in [1.807, 2.05) is 60.7 Å². The Morgan fingerprint density at radius 2 is 1.00 bits per heavy atom. The highest BCUT2D eigenvalue weighted by Crippen LogP contribution is 2.02. The number of hydrogen-bond donors (Lipinski definition) is 4. The molecule has 128 valence electrons. The zero-order valence-electron chi connectivity index (χ0n) is 13.2. The third-order valence-electron chi connectivity index (χ3n) is 3.23. The number of carbonyl (C=O) groups is 2. The van der Waals surface area contributed by atoms with Crippen molar-refractivity contribution in [3.8, 4) is 0 Å². The molecular formula is C18H22N2O4. The van der Waals surface area contributed by atoms with Crippen molar-refractivity contribution >= 4 is 11.9 Å². The molecule has 2 atom stereocenters. The molecule has 2 aromatic rings. The highest BCUT2D eigenvalue weighted by atomic mass is 16.4. The number of nitrogens with two attached hydrogens (primary N) is 2. The Bertz CT molecular complexity index is 574. The minimum Gasteiger partial charge on any atom is -0.480 e. The van der Waals surface area contributed by atoms with Crippen LogP contribution in [-0.4, -0.2) is 34.2 Å². The van der Waals surface area contributed by atoms with Gasteiger partial charge in [-0.2, -0.15) is 0 Å². The number of rotatable bonds is 6. The van der Waals surface area contributed by atoms with Crippen LogP contribution in [0.2, 0.25) is 0 Å². The number of benzene rings is 2. The van der Waals surface area contributed by atoms with Gasteiger partial charge in [-0.25, -0.2) is 0 Å². The van der Waals surface area contributed by atoms with Gasteiger partial charge in [0.25, 0.3) is 0 Å². The third-order valence-corrected chi connectivity index (χ3v) is 3.23. The second-order valence-electron chi connectivity index (χ2n) is 5.27. The molecule has 0 saturated heterocycles. The van der Waals surface area contributed by atoms with Crippen LogP contribution in [0.3, 0.4) is 0 Å². The molecule has 6 nitrogen and oxygen atoms in total. The molecule has 0 aromatic heterocycles. The van der Waals surface area contributed by atoms with Crippen molar-refractivity contribution in [3.05, 3.63) is 71.8 Å². The fourth-order valence-electron chi connectivity index (χ4n) is 1.91. The van der Waals surface area contributed by atoms with Crippen molar-refractivity contribution in [2.24, 2.45) is 11.5 Å². The molecule has 6 heteroatoms. The van der Waals surface area contributed by atoms with Gasteiger partial charge < -0.3 is 21.7 Å². The lowest BCUT2D eigenvalue weighted by Crippen LogP contribution is -2.32. The highest BCUT2D eigenvalue weighted by Gasteiger charge is 2.11. The average molecular weight is 330 g/mol. The fourth-order valence-corrected chi connectivity index (χ4v) is 1.91. The summed E-state index contributed by atoms with van der Waals surface area (Å²) in [7, 11) is 0. The largest absolute Gasteiger partial charge is 0.480 e. The molecule has 0 aliphatic heterocycles. The molecule has 0 bridgehead atoms. The minimum atomic E-state index is -0.959. The van der Waals surface area contributed by atoms with Crippen LogP contribution in [0, 0.1) is 0 Å². The van der Waals surface area contributed by atoms with Crippen LogP contribution in [0.5, 0.6) is 0 Å². The molecule has 0 fully saturated rings. The normalized spacial score (nSPS) is 12.4. The number of carboxylic acids is 2. The molecule has 2 aromatic carbocycles. The summed E-state index contributed by atoms with van der Waals surface area (Å²) in [5.41, 5.74) is 12.6. The van der Waals surface area contributed by atoms with Crippen LogP contribution in [0.1, 0.15) is 11.1 Å². The van der Waals surface area contributed by atoms with Crippen LogP contribution < -0.4 is 11.5 Å².